The van der Waals surface area contributed by atoms with Crippen LogP contribution in [0.1, 0.15) is 39.0 Å². The first-order chi connectivity index (χ1) is 8.65. The van der Waals surface area contributed by atoms with Gasteiger partial charge in [0.05, 0.1) is 6.61 Å². The molecule has 1 spiro atoms. The van der Waals surface area contributed by atoms with Crippen molar-refractivity contribution >= 4 is 11.8 Å². The van der Waals surface area contributed by atoms with Crippen LogP contribution >= 0.6 is 0 Å². The van der Waals surface area contributed by atoms with Crippen molar-refractivity contribution in [3.8, 4) is 0 Å². The van der Waals surface area contributed by atoms with Crippen molar-refractivity contribution in [1.82, 2.24) is 9.80 Å². The first kappa shape index (κ1) is 13.3. The number of β-amino-alcohol motifs (C(OH)–C–C–N with tert-alkyl or cyclic N) is 1. The van der Waals surface area contributed by atoms with Crippen LogP contribution in [0, 0.1) is 0 Å². The first-order valence-electron chi connectivity index (χ1n) is 6.86. The molecule has 18 heavy (non-hydrogen) atoms. The number of rotatable bonds is 3. The normalized spacial score (nSPS) is 28.2. The number of likely N-dealkylation sites (tertiary alicyclic amines) is 2. The van der Waals surface area contributed by atoms with Crippen LogP contribution in [0.15, 0.2) is 0 Å². The third-order valence-electron chi connectivity index (χ3n) is 4.17. The molecular formula is C13H22N2O3. The van der Waals surface area contributed by atoms with E-state index in [1.165, 1.54) is 0 Å². The Labute approximate surface area is 108 Å². The highest BCUT2D eigenvalue weighted by Crippen LogP contribution is 2.38. The lowest BCUT2D eigenvalue weighted by Gasteiger charge is -2.44. The number of hydrogen-bond donors (Lipinski definition) is 1. The monoisotopic (exact) mass is 254 g/mol. The molecular weight excluding hydrogens is 232 g/mol. The standard InChI is InChI=1S/C13H22N2O3/c1-2-11(17)15-8-4-6-13(15)5-3-7-14(9-10-16)12(13)18/h16H,2-10H2,1H3. The van der Waals surface area contributed by atoms with Gasteiger partial charge in [0, 0.05) is 26.1 Å². The van der Waals surface area contributed by atoms with Crippen molar-refractivity contribution in [2.24, 2.45) is 0 Å². The van der Waals surface area contributed by atoms with Gasteiger partial charge >= 0.3 is 0 Å². The molecule has 0 aromatic rings. The summed E-state index contributed by atoms with van der Waals surface area (Å²) in [4.78, 5) is 28.1. The number of aliphatic hydroxyl groups excluding tert-OH is 1. The second-order valence-electron chi connectivity index (χ2n) is 5.15. The molecule has 0 bridgehead atoms. The Hall–Kier alpha value is -1.10. The zero-order chi connectivity index (χ0) is 13.2. The Bertz CT molecular complexity index is 343. The second-order valence-corrected chi connectivity index (χ2v) is 5.15. The van der Waals surface area contributed by atoms with Gasteiger partial charge in [0.1, 0.15) is 5.54 Å². The molecule has 102 valence electrons. The first-order valence-corrected chi connectivity index (χ1v) is 6.86. The van der Waals surface area contributed by atoms with Crippen molar-refractivity contribution in [3.63, 3.8) is 0 Å². The molecule has 0 aromatic carbocycles. The lowest BCUT2D eigenvalue weighted by atomic mass is 9.85. The molecule has 2 fully saturated rings. The molecule has 1 atom stereocenters. The summed E-state index contributed by atoms with van der Waals surface area (Å²) in [7, 11) is 0. The van der Waals surface area contributed by atoms with Gasteiger partial charge < -0.3 is 14.9 Å². The number of carbonyl (C=O) groups excluding carboxylic acids is 2. The lowest BCUT2D eigenvalue weighted by Crippen LogP contribution is -2.61. The van der Waals surface area contributed by atoms with Gasteiger partial charge in [0.2, 0.25) is 11.8 Å². The molecule has 2 aliphatic heterocycles. The summed E-state index contributed by atoms with van der Waals surface area (Å²) in [5.41, 5.74) is -0.597. The summed E-state index contributed by atoms with van der Waals surface area (Å²) in [5, 5.41) is 9.01. The van der Waals surface area contributed by atoms with Gasteiger partial charge in [-0.05, 0) is 25.7 Å². The van der Waals surface area contributed by atoms with Crippen LogP contribution in [-0.2, 0) is 9.59 Å². The Morgan fingerprint density at radius 3 is 2.61 bits per heavy atom. The average molecular weight is 254 g/mol. The predicted molar refractivity (Wildman–Crippen MR) is 66.9 cm³/mol. The summed E-state index contributed by atoms with van der Waals surface area (Å²) in [6, 6.07) is 0. The van der Waals surface area contributed by atoms with Crippen molar-refractivity contribution in [1.29, 1.82) is 0 Å². The van der Waals surface area contributed by atoms with Crippen molar-refractivity contribution in [2.45, 2.75) is 44.6 Å². The second kappa shape index (κ2) is 5.26. The molecule has 2 amide bonds. The molecule has 1 unspecified atom stereocenters. The third-order valence-corrected chi connectivity index (χ3v) is 4.17. The fourth-order valence-corrected chi connectivity index (χ4v) is 3.31. The maximum Gasteiger partial charge on any atom is 0.248 e. The quantitative estimate of drug-likeness (QED) is 0.791. The minimum absolute atomic E-state index is 0.0104. The van der Waals surface area contributed by atoms with Crippen molar-refractivity contribution < 1.29 is 14.7 Å². The minimum atomic E-state index is -0.597. The van der Waals surface area contributed by atoms with Crippen LogP contribution in [0.5, 0.6) is 0 Å². The highest BCUT2D eigenvalue weighted by Gasteiger charge is 2.52. The Balaban J connectivity index is 2.22. The van der Waals surface area contributed by atoms with Crippen LogP contribution in [0.3, 0.4) is 0 Å². The van der Waals surface area contributed by atoms with Gasteiger partial charge in [0.25, 0.3) is 0 Å². The molecule has 2 aliphatic rings. The Morgan fingerprint density at radius 2 is 2.00 bits per heavy atom. The van der Waals surface area contributed by atoms with E-state index >= 15 is 0 Å². The molecule has 0 aromatic heterocycles. The van der Waals surface area contributed by atoms with Crippen LogP contribution in [0.25, 0.3) is 0 Å². The number of amides is 2. The van der Waals surface area contributed by atoms with Crippen LogP contribution < -0.4 is 0 Å². The van der Waals surface area contributed by atoms with E-state index in [1.807, 2.05) is 6.92 Å². The number of hydrogen-bond acceptors (Lipinski definition) is 3. The highest BCUT2D eigenvalue weighted by atomic mass is 16.3. The van der Waals surface area contributed by atoms with Crippen molar-refractivity contribution in [2.75, 3.05) is 26.2 Å². The van der Waals surface area contributed by atoms with Crippen LogP contribution in [0.2, 0.25) is 0 Å². The zero-order valence-corrected chi connectivity index (χ0v) is 11.0. The predicted octanol–water partition coefficient (Wildman–Crippen LogP) is 0.372. The summed E-state index contributed by atoms with van der Waals surface area (Å²) >= 11 is 0. The van der Waals surface area contributed by atoms with E-state index in [1.54, 1.807) is 9.80 Å². The molecule has 5 nitrogen and oxygen atoms in total. The fourth-order valence-electron chi connectivity index (χ4n) is 3.31. The smallest absolute Gasteiger partial charge is 0.248 e. The van der Waals surface area contributed by atoms with Gasteiger partial charge in [-0.2, -0.15) is 0 Å². The summed E-state index contributed by atoms with van der Waals surface area (Å²) < 4.78 is 0. The number of nitrogens with zero attached hydrogens (tertiary/aromatic N) is 2. The number of piperidine rings is 1. The highest BCUT2D eigenvalue weighted by molar-refractivity contribution is 5.92. The minimum Gasteiger partial charge on any atom is -0.395 e. The van der Waals surface area contributed by atoms with E-state index in [2.05, 4.69) is 0 Å². The summed E-state index contributed by atoms with van der Waals surface area (Å²) in [6.45, 7) is 3.62. The molecule has 2 heterocycles. The lowest BCUT2D eigenvalue weighted by molar-refractivity contribution is -0.155. The maximum atomic E-state index is 12.6. The van der Waals surface area contributed by atoms with Gasteiger partial charge in [-0.25, -0.2) is 0 Å². The van der Waals surface area contributed by atoms with Crippen LogP contribution in [0.4, 0.5) is 0 Å². The van der Waals surface area contributed by atoms with E-state index in [0.29, 0.717) is 26.1 Å². The molecule has 0 aliphatic carbocycles. The molecule has 2 rings (SSSR count). The van der Waals surface area contributed by atoms with E-state index in [9.17, 15) is 9.59 Å². The largest absolute Gasteiger partial charge is 0.395 e. The molecule has 2 saturated heterocycles. The Kier molecular flexibility index (Phi) is 3.90. The van der Waals surface area contributed by atoms with Gasteiger partial charge in [0.15, 0.2) is 0 Å². The zero-order valence-electron chi connectivity index (χ0n) is 11.0. The van der Waals surface area contributed by atoms with Crippen LogP contribution in [-0.4, -0.2) is 58.5 Å². The van der Waals surface area contributed by atoms with E-state index in [-0.39, 0.29) is 18.4 Å². The summed E-state index contributed by atoms with van der Waals surface area (Å²) in [6.07, 6.45) is 3.83. The number of carbonyl (C=O) groups is 2. The third kappa shape index (κ3) is 2.00. The number of aliphatic hydroxyl groups is 1. The van der Waals surface area contributed by atoms with Gasteiger partial charge in [-0.3, -0.25) is 9.59 Å². The van der Waals surface area contributed by atoms with E-state index in [0.717, 1.165) is 25.7 Å². The molecule has 5 heteroatoms. The SMILES string of the molecule is CCC(=O)N1CCCC12CCCN(CCO)C2=O. The Morgan fingerprint density at radius 1 is 1.33 bits per heavy atom. The van der Waals surface area contributed by atoms with E-state index < -0.39 is 5.54 Å². The molecule has 0 radical (unpaired) electrons. The van der Waals surface area contributed by atoms with Gasteiger partial charge in [-0.1, -0.05) is 6.92 Å². The van der Waals surface area contributed by atoms with Crippen molar-refractivity contribution in [3.05, 3.63) is 0 Å². The average Bonchev–Trinajstić information content (AvgIpc) is 2.79. The summed E-state index contributed by atoms with van der Waals surface area (Å²) in [5.74, 6) is 0.119. The maximum absolute atomic E-state index is 12.6. The topological polar surface area (TPSA) is 60.9 Å². The fraction of sp³-hybridized carbons (Fsp3) is 0.846. The molecule has 0 saturated carbocycles. The molecule has 1 N–H and O–H groups in total. The van der Waals surface area contributed by atoms with E-state index in [4.69, 9.17) is 5.11 Å². The van der Waals surface area contributed by atoms with Gasteiger partial charge in [-0.15, -0.1) is 0 Å².